The molecule has 0 saturated carbocycles. The van der Waals surface area contributed by atoms with Gasteiger partial charge < -0.3 is 10.4 Å². The molecule has 1 heterocycles. The highest BCUT2D eigenvalue weighted by molar-refractivity contribution is 6.31. The number of alkyl halides is 2. The number of hydrogen-bond donors (Lipinski definition) is 2. The Morgan fingerprint density at radius 3 is 2.68 bits per heavy atom. The first kappa shape index (κ1) is 16.2. The van der Waals surface area contributed by atoms with E-state index in [9.17, 15) is 18.7 Å². The van der Waals surface area contributed by atoms with Gasteiger partial charge in [0.15, 0.2) is 0 Å². The van der Waals surface area contributed by atoms with Gasteiger partial charge in [-0.15, -0.1) is 0 Å². The van der Waals surface area contributed by atoms with Crippen molar-refractivity contribution in [2.24, 2.45) is 0 Å². The molecule has 0 fully saturated rings. The third-order valence-electron chi connectivity index (χ3n) is 3.13. The van der Waals surface area contributed by atoms with E-state index in [4.69, 9.17) is 11.6 Å². The quantitative estimate of drug-likeness (QED) is 0.841. The summed E-state index contributed by atoms with van der Waals surface area (Å²) >= 11 is 5.80. The zero-order valence-corrected chi connectivity index (χ0v) is 12.6. The molecular formula is C14H14ClF2N3O2. The number of hydrogen-bond acceptors (Lipinski definition) is 3. The number of phenols is 1. The SMILES string of the molecule is Cc1cc(C(F)F)nn1C(C)C(=O)Nc1cc(Cl)ccc1O. The number of aryl methyl sites for hydroxylation is 1. The second-order valence-electron chi connectivity index (χ2n) is 4.78. The second-order valence-corrected chi connectivity index (χ2v) is 5.22. The van der Waals surface area contributed by atoms with E-state index in [1.165, 1.54) is 35.9 Å². The summed E-state index contributed by atoms with van der Waals surface area (Å²) in [5, 5.41) is 16.2. The van der Waals surface area contributed by atoms with Crippen molar-refractivity contribution < 1.29 is 18.7 Å². The predicted molar refractivity (Wildman–Crippen MR) is 78.4 cm³/mol. The standard InChI is InChI=1S/C14H14ClF2N3O2/c1-7-5-11(13(16)17)19-20(7)8(2)14(22)18-10-6-9(15)3-4-12(10)21/h3-6,8,13,21H,1-2H3,(H,18,22). The third-order valence-corrected chi connectivity index (χ3v) is 3.36. The molecule has 5 nitrogen and oxygen atoms in total. The lowest BCUT2D eigenvalue weighted by atomic mass is 10.2. The zero-order chi connectivity index (χ0) is 16.4. The molecule has 118 valence electrons. The molecule has 1 aromatic heterocycles. The average Bonchev–Trinajstić information content (AvgIpc) is 2.84. The molecule has 0 bridgehead atoms. The van der Waals surface area contributed by atoms with Gasteiger partial charge in [0.05, 0.1) is 5.69 Å². The fourth-order valence-corrected chi connectivity index (χ4v) is 2.14. The van der Waals surface area contributed by atoms with Crippen molar-refractivity contribution in [1.82, 2.24) is 9.78 Å². The maximum absolute atomic E-state index is 12.6. The lowest BCUT2D eigenvalue weighted by Gasteiger charge is -2.15. The van der Waals surface area contributed by atoms with E-state index in [0.717, 1.165) is 0 Å². The number of benzene rings is 1. The lowest BCUT2D eigenvalue weighted by Crippen LogP contribution is -2.25. The molecule has 0 aliphatic rings. The molecule has 0 radical (unpaired) electrons. The summed E-state index contributed by atoms with van der Waals surface area (Å²) in [6, 6.07) is 4.61. The molecule has 2 N–H and O–H groups in total. The summed E-state index contributed by atoms with van der Waals surface area (Å²) in [5.74, 6) is -0.653. The van der Waals surface area contributed by atoms with E-state index >= 15 is 0 Å². The van der Waals surface area contributed by atoms with Gasteiger partial charge in [0, 0.05) is 10.7 Å². The Balaban J connectivity index is 2.20. The number of phenolic OH excluding ortho intramolecular Hbond substituents is 1. The van der Waals surface area contributed by atoms with Crippen LogP contribution in [0.25, 0.3) is 0 Å². The second kappa shape index (κ2) is 6.31. The topological polar surface area (TPSA) is 67.2 Å². The van der Waals surface area contributed by atoms with Gasteiger partial charge in [-0.3, -0.25) is 9.48 Å². The molecular weight excluding hydrogens is 316 g/mol. The van der Waals surface area contributed by atoms with Crippen LogP contribution >= 0.6 is 11.6 Å². The lowest BCUT2D eigenvalue weighted by molar-refractivity contribution is -0.119. The van der Waals surface area contributed by atoms with E-state index in [1.807, 2.05) is 0 Å². The molecule has 1 atom stereocenters. The van der Waals surface area contributed by atoms with Gasteiger partial charge in [-0.25, -0.2) is 8.78 Å². The molecule has 0 saturated heterocycles. The minimum absolute atomic E-state index is 0.142. The number of carbonyl (C=O) groups is 1. The Hall–Kier alpha value is -2.15. The summed E-state index contributed by atoms with van der Waals surface area (Å²) in [6.45, 7) is 3.10. The van der Waals surface area contributed by atoms with Gasteiger partial charge in [0.25, 0.3) is 6.43 Å². The fourth-order valence-electron chi connectivity index (χ4n) is 1.97. The van der Waals surface area contributed by atoms with Crippen LogP contribution in [0.3, 0.4) is 0 Å². The Labute approximate surface area is 130 Å². The Morgan fingerprint density at radius 2 is 2.09 bits per heavy atom. The number of amides is 1. The molecule has 0 aliphatic heterocycles. The number of rotatable bonds is 4. The van der Waals surface area contributed by atoms with Gasteiger partial charge in [-0.1, -0.05) is 11.6 Å². The van der Waals surface area contributed by atoms with Crippen LogP contribution in [0, 0.1) is 6.92 Å². The van der Waals surface area contributed by atoms with Crippen LogP contribution in [0.15, 0.2) is 24.3 Å². The number of aromatic hydroxyl groups is 1. The number of anilines is 1. The minimum atomic E-state index is -2.70. The van der Waals surface area contributed by atoms with E-state index in [2.05, 4.69) is 10.4 Å². The van der Waals surface area contributed by atoms with Gasteiger partial charge in [-0.05, 0) is 38.1 Å². The summed E-state index contributed by atoms with van der Waals surface area (Å²) < 4.78 is 26.5. The molecule has 8 heteroatoms. The van der Waals surface area contributed by atoms with Gasteiger partial charge in [-0.2, -0.15) is 5.10 Å². The first-order valence-electron chi connectivity index (χ1n) is 6.43. The molecule has 0 spiro atoms. The maximum atomic E-state index is 12.6. The molecule has 1 amide bonds. The smallest absolute Gasteiger partial charge is 0.282 e. The number of halogens is 3. The van der Waals surface area contributed by atoms with Crippen LogP contribution in [-0.4, -0.2) is 20.8 Å². The first-order valence-corrected chi connectivity index (χ1v) is 6.81. The van der Waals surface area contributed by atoms with Crippen molar-refractivity contribution in [2.75, 3.05) is 5.32 Å². The van der Waals surface area contributed by atoms with E-state index in [-0.39, 0.29) is 17.1 Å². The zero-order valence-electron chi connectivity index (χ0n) is 11.8. The van der Waals surface area contributed by atoms with Crippen LogP contribution in [-0.2, 0) is 4.79 Å². The van der Waals surface area contributed by atoms with Gasteiger partial charge in [0.2, 0.25) is 5.91 Å². The maximum Gasteiger partial charge on any atom is 0.282 e. The van der Waals surface area contributed by atoms with E-state index < -0.39 is 18.4 Å². The average molecular weight is 330 g/mol. The number of carbonyl (C=O) groups excluding carboxylic acids is 1. The Kier molecular flexibility index (Phi) is 4.65. The van der Waals surface area contributed by atoms with Crippen molar-refractivity contribution in [3.05, 3.63) is 40.7 Å². The Bertz CT molecular complexity index is 703. The molecule has 2 aromatic rings. The normalized spacial score (nSPS) is 12.5. The largest absolute Gasteiger partial charge is 0.506 e. The number of nitrogens with one attached hydrogen (secondary N) is 1. The van der Waals surface area contributed by atoms with Crippen molar-refractivity contribution in [2.45, 2.75) is 26.3 Å². The molecule has 1 aromatic carbocycles. The van der Waals surface area contributed by atoms with Gasteiger partial charge >= 0.3 is 0 Å². The highest BCUT2D eigenvalue weighted by Crippen LogP contribution is 2.27. The van der Waals surface area contributed by atoms with Crippen molar-refractivity contribution in [3.8, 4) is 5.75 Å². The van der Waals surface area contributed by atoms with E-state index in [0.29, 0.717) is 10.7 Å². The summed E-state index contributed by atoms with van der Waals surface area (Å²) in [6.07, 6.45) is -2.70. The van der Waals surface area contributed by atoms with Crippen LogP contribution in [0.2, 0.25) is 5.02 Å². The van der Waals surface area contributed by atoms with Crippen molar-refractivity contribution in [3.63, 3.8) is 0 Å². The monoisotopic (exact) mass is 329 g/mol. The van der Waals surface area contributed by atoms with Crippen LogP contribution in [0.1, 0.15) is 30.8 Å². The Morgan fingerprint density at radius 1 is 1.41 bits per heavy atom. The number of nitrogens with zero attached hydrogens (tertiary/aromatic N) is 2. The molecule has 1 unspecified atom stereocenters. The van der Waals surface area contributed by atoms with Crippen LogP contribution in [0.5, 0.6) is 5.75 Å². The first-order chi connectivity index (χ1) is 10.3. The van der Waals surface area contributed by atoms with Crippen molar-refractivity contribution >= 4 is 23.2 Å². The molecule has 22 heavy (non-hydrogen) atoms. The molecule has 2 rings (SSSR count). The highest BCUT2D eigenvalue weighted by Gasteiger charge is 2.22. The summed E-state index contributed by atoms with van der Waals surface area (Å²) in [5.41, 5.74) is 0.194. The minimum Gasteiger partial charge on any atom is -0.506 e. The third kappa shape index (κ3) is 3.36. The van der Waals surface area contributed by atoms with Crippen molar-refractivity contribution in [1.29, 1.82) is 0 Å². The fraction of sp³-hybridized carbons (Fsp3) is 0.286. The number of aromatic nitrogens is 2. The summed E-state index contributed by atoms with van der Waals surface area (Å²) in [4.78, 5) is 12.2. The van der Waals surface area contributed by atoms with Crippen LogP contribution in [0.4, 0.5) is 14.5 Å². The predicted octanol–water partition coefficient (Wildman–Crippen LogP) is 3.69. The van der Waals surface area contributed by atoms with E-state index in [1.54, 1.807) is 6.92 Å². The highest BCUT2D eigenvalue weighted by atomic mass is 35.5. The van der Waals surface area contributed by atoms with Gasteiger partial charge in [0.1, 0.15) is 17.5 Å². The van der Waals surface area contributed by atoms with Crippen LogP contribution < -0.4 is 5.32 Å². The summed E-state index contributed by atoms with van der Waals surface area (Å²) in [7, 11) is 0. The molecule has 0 aliphatic carbocycles.